The minimum Gasteiger partial charge on any atom is -0.387 e. The van der Waals surface area contributed by atoms with Crippen LogP contribution in [0.25, 0.3) is 0 Å². The molecule has 3 N–H and O–H groups in total. The predicted molar refractivity (Wildman–Crippen MR) is 101 cm³/mol. The molecule has 1 aromatic heterocycles. The lowest BCUT2D eigenvalue weighted by molar-refractivity contribution is 0.0906. The molecule has 0 radical (unpaired) electrons. The summed E-state index contributed by atoms with van der Waals surface area (Å²) in [6.07, 6.45) is -0.936. The molecular weight excluding hydrogens is 363 g/mol. The Morgan fingerprint density at radius 3 is 2.32 bits per heavy atom. The van der Waals surface area contributed by atoms with E-state index in [1.54, 1.807) is 54.6 Å². The van der Waals surface area contributed by atoms with Crippen LogP contribution in [0.5, 0.6) is 0 Å². The van der Waals surface area contributed by atoms with E-state index in [2.05, 4.69) is 15.7 Å². The van der Waals surface area contributed by atoms with Gasteiger partial charge in [-0.25, -0.2) is 9.07 Å². The second kappa shape index (κ2) is 8.45. The van der Waals surface area contributed by atoms with Crippen LogP contribution in [-0.2, 0) is 7.05 Å². The van der Waals surface area contributed by atoms with Crippen molar-refractivity contribution >= 4 is 17.6 Å². The first-order valence-electron chi connectivity index (χ1n) is 8.57. The van der Waals surface area contributed by atoms with E-state index in [9.17, 15) is 19.1 Å². The standard InChI is InChI=1S/C20H19FN4O3/c1-25-18(23-19(27)14-10-6-3-7-11-14)16(21)17(24-25)20(28)22-12-15(26)13-8-4-2-5-9-13/h2-11,15,26H,12H2,1H3,(H,22,28)(H,23,27). The number of anilines is 1. The fraction of sp³-hybridized carbons (Fsp3) is 0.150. The summed E-state index contributed by atoms with van der Waals surface area (Å²) < 4.78 is 15.7. The van der Waals surface area contributed by atoms with Gasteiger partial charge in [-0.05, 0) is 17.7 Å². The van der Waals surface area contributed by atoms with E-state index in [0.717, 1.165) is 4.68 Å². The van der Waals surface area contributed by atoms with Gasteiger partial charge in [0.2, 0.25) is 0 Å². The minimum atomic E-state index is -0.946. The van der Waals surface area contributed by atoms with Gasteiger partial charge < -0.3 is 15.7 Å². The van der Waals surface area contributed by atoms with E-state index in [4.69, 9.17) is 0 Å². The molecule has 0 aliphatic heterocycles. The lowest BCUT2D eigenvalue weighted by Crippen LogP contribution is -2.29. The Morgan fingerprint density at radius 2 is 1.68 bits per heavy atom. The van der Waals surface area contributed by atoms with Crippen molar-refractivity contribution in [3.8, 4) is 0 Å². The number of aliphatic hydroxyl groups excluding tert-OH is 1. The van der Waals surface area contributed by atoms with Gasteiger partial charge in [-0.2, -0.15) is 5.10 Å². The van der Waals surface area contributed by atoms with Crippen molar-refractivity contribution in [1.29, 1.82) is 0 Å². The first kappa shape index (κ1) is 19.2. The van der Waals surface area contributed by atoms with Crippen molar-refractivity contribution in [3.05, 3.63) is 83.3 Å². The molecule has 144 valence electrons. The number of nitrogens with one attached hydrogen (secondary N) is 2. The summed E-state index contributed by atoms with van der Waals surface area (Å²) in [6.45, 7) is -0.107. The van der Waals surface area contributed by atoms with Gasteiger partial charge in [-0.3, -0.25) is 9.59 Å². The maximum Gasteiger partial charge on any atom is 0.275 e. The molecule has 1 atom stereocenters. The monoisotopic (exact) mass is 382 g/mol. The molecule has 8 heteroatoms. The summed E-state index contributed by atoms with van der Waals surface area (Å²) in [6, 6.07) is 17.1. The molecule has 0 saturated heterocycles. The van der Waals surface area contributed by atoms with Crippen LogP contribution in [-0.4, -0.2) is 33.2 Å². The summed E-state index contributed by atoms with van der Waals surface area (Å²) in [5.41, 5.74) is 0.506. The van der Waals surface area contributed by atoms with Crippen molar-refractivity contribution < 1.29 is 19.1 Å². The normalized spacial score (nSPS) is 11.7. The Balaban J connectivity index is 1.68. The molecule has 0 bridgehead atoms. The van der Waals surface area contributed by atoms with Gasteiger partial charge in [0.1, 0.15) is 0 Å². The van der Waals surface area contributed by atoms with E-state index in [-0.39, 0.29) is 12.4 Å². The third-order valence-electron chi connectivity index (χ3n) is 4.11. The van der Waals surface area contributed by atoms with Crippen LogP contribution >= 0.6 is 0 Å². The number of aryl methyl sites for hydroxylation is 1. The number of amides is 2. The maximum absolute atomic E-state index is 14.6. The Kier molecular flexibility index (Phi) is 5.81. The highest BCUT2D eigenvalue weighted by atomic mass is 19.1. The third-order valence-corrected chi connectivity index (χ3v) is 4.11. The van der Waals surface area contributed by atoms with Gasteiger partial charge in [0.25, 0.3) is 11.8 Å². The summed E-state index contributed by atoms with van der Waals surface area (Å²) in [5.74, 6) is -2.47. The van der Waals surface area contributed by atoms with Gasteiger partial charge >= 0.3 is 0 Å². The van der Waals surface area contributed by atoms with Crippen LogP contribution in [0.2, 0.25) is 0 Å². The van der Waals surface area contributed by atoms with Crippen molar-refractivity contribution in [3.63, 3.8) is 0 Å². The van der Waals surface area contributed by atoms with Crippen LogP contribution < -0.4 is 10.6 Å². The van der Waals surface area contributed by atoms with Gasteiger partial charge in [-0.1, -0.05) is 48.5 Å². The van der Waals surface area contributed by atoms with Gasteiger partial charge in [0.15, 0.2) is 17.3 Å². The number of halogens is 1. The summed E-state index contributed by atoms with van der Waals surface area (Å²) >= 11 is 0. The molecule has 28 heavy (non-hydrogen) atoms. The SMILES string of the molecule is Cn1nc(C(=O)NCC(O)c2ccccc2)c(F)c1NC(=O)c1ccccc1. The van der Waals surface area contributed by atoms with Crippen LogP contribution in [0.3, 0.4) is 0 Å². The van der Waals surface area contributed by atoms with E-state index >= 15 is 0 Å². The molecule has 0 aliphatic carbocycles. The molecule has 0 fully saturated rings. The number of nitrogens with zero attached hydrogens (tertiary/aromatic N) is 2. The van der Waals surface area contributed by atoms with Crippen LogP contribution in [0.1, 0.15) is 32.5 Å². The lowest BCUT2D eigenvalue weighted by atomic mass is 10.1. The summed E-state index contributed by atoms with van der Waals surface area (Å²) in [5, 5.41) is 18.8. The molecule has 0 aliphatic rings. The quantitative estimate of drug-likeness (QED) is 0.609. The molecule has 1 unspecified atom stereocenters. The minimum absolute atomic E-state index is 0.107. The van der Waals surface area contributed by atoms with E-state index < -0.39 is 29.4 Å². The molecule has 3 aromatic rings. The third kappa shape index (κ3) is 4.24. The fourth-order valence-corrected chi connectivity index (χ4v) is 2.61. The van der Waals surface area contributed by atoms with Gasteiger partial charge in [0.05, 0.1) is 6.10 Å². The zero-order valence-electron chi connectivity index (χ0n) is 15.1. The molecule has 2 aromatic carbocycles. The number of rotatable bonds is 6. The average Bonchev–Trinajstić information content (AvgIpc) is 3.01. The molecular formula is C20H19FN4O3. The molecule has 7 nitrogen and oxygen atoms in total. The van der Waals surface area contributed by atoms with Crippen LogP contribution in [0, 0.1) is 5.82 Å². The molecule has 0 spiro atoms. The van der Waals surface area contributed by atoms with Crippen LogP contribution in [0.4, 0.5) is 10.2 Å². The zero-order valence-corrected chi connectivity index (χ0v) is 15.1. The largest absolute Gasteiger partial charge is 0.387 e. The van der Waals surface area contributed by atoms with Crippen molar-refractivity contribution in [2.45, 2.75) is 6.10 Å². The lowest BCUT2D eigenvalue weighted by Gasteiger charge is -2.11. The Hall–Kier alpha value is -3.52. The smallest absolute Gasteiger partial charge is 0.275 e. The Labute approximate surface area is 160 Å². The number of carbonyl (C=O) groups is 2. The van der Waals surface area contributed by atoms with Crippen LogP contribution in [0.15, 0.2) is 60.7 Å². The molecule has 0 saturated carbocycles. The topological polar surface area (TPSA) is 96.2 Å². The number of benzene rings is 2. The molecule has 1 heterocycles. The molecule has 2 amide bonds. The Bertz CT molecular complexity index is 974. The second-order valence-electron chi connectivity index (χ2n) is 6.09. The van der Waals surface area contributed by atoms with E-state index in [0.29, 0.717) is 11.1 Å². The highest BCUT2D eigenvalue weighted by Gasteiger charge is 2.24. The maximum atomic E-state index is 14.6. The molecule has 3 rings (SSSR count). The number of aliphatic hydroxyl groups is 1. The predicted octanol–water partition coefficient (Wildman–Crippen LogP) is 2.27. The van der Waals surface area contributed by atoms with Crippen molar-refractivity contribution in [2.75, 3.05) is 11.9 Å². The summed E-state index contributed by atoms with van der Waals surface area (Å²) in [4.78, 5) is 24.5. The first-order valence-corrected chi connectivity index (χ1v) is 8.57. The van der Waals surface area contributed by atoms with Crippen molar-refractivity contribution in [2.24, 2.45) is 7.05 Å². The second-order valence-corrected chi connectivity index (χ2v) is 6.09. The first-order chi connectivity index (χ1) is 13.5. The van der Waals surface area contributed by atoms with E-state index in [1.165, 1.54) is 7.05 Å². The highest BCUT2D eigenvalue weighted by molar-refractivity contribution is 6.04. The number of carbonyl (C=O) groups excluding carboxylic acids is 2. The summed E-state index contributed by atoms with van der Waals surface area (Å²) in [7, 11) is 1.42. The average molecular weight is 382 g/mol. The van der Waals surface area contributed by atoms with Crippen molar-refractivity contribution in [1.82, 2.24) is 15.1 Å². The van der Waals surface area contributed by atoms with Gasteiger partial charge in [0, 0.05) is 19.2 Å². The fourth-order valence-electron chi connectivity index (χ4n) is 2.61. The Morgan fingerprint density at radius 1 is 1.07 bits per heavy atom. The zero-order chi connectivity index (χ0) is 20.1. The highest BCUT2D eigenvalue weighted by Crippen LogP contribution is 2.18. The number of aromatic nitrogens is 2. The van der Waals surface area contributed by atoms with Gasteiger partial charge in [-0.15, -0.1) is 0 Å². The van der Waals surface area contributed by atoms with E-state index in [1.807, 2.05) is 6.07 Å². The number of hydrogen-bond acceptors (Lipinski definition) is 4. The number of hydrogen-bond donors (Lipinski definition) is 3.